The van der Waals surface area contributed by atoms with Gasteiger partial charge in [-0.05, 0) is 41.5 Å². The van der Waals surface area contributed by atoms with E-state index >= 15 is 0 Å². The van der Waals surface area contributed by atoms with Gasteiger partial charge in [-0.1, -0.05) is 48.0 Å². The van der Waals surface area contributed by atoms with Gasteiger partial charge in [0.05, 0.1) is 6.21 Å². The molecular weight excluding hydrogens is 336 g/mol. The molecule has 3 aromatic carbocycles. The number of aryl methyl sites for hydroxylation is 1. The van der Waals surface area contributed by atoms with Crippen LogP contribution in [0.15, 0.2) is 65.8 Å². The summed E-state index contributed by atoms with van der Waals surface area (Å²) in [6, 6.07) is 20.6. The third kappa shape index (κ3) is 2.87. The van der Waals surface area contributed by atoms with Gasteiger partial charge in [0.2, 0.25) is 0 Å². The maximum Gasteiger partial charge on any atom is 0.265 e. The number of hydrazone groups is 1. The first kappa shape index (κ1) is 15.5. The normalized spacial score (nSPS) is 11.7. The van der Waals surface area contributed by atoms with Crippen LogP contribution in [0.4, 0.5) is 5.95 Å². The highest BCUT2D eigenvalue weighted by Crippen LogP contribution is 2.23. The summed E-state index contributed by atoms with van der Waals surface area (Å²) in [6.07, 6.45) is 1.74. The van der Waals surface area contributed by atoms with E-state index < -0.39 is 0 Å². The topological polar surface area (TPSA) is 78.9 Å². The number of nitrogens with zero attached hydrogens (tertiary/aromatic N) is 4. The second-order valence-electron chi connectivity index (χ2n) is 6.48. The average molecular weight is 352 g/mol. The van der Waals surface area contributed by atoms with E-state index in [9.17, 15) is 0 Å². The molecular formula is C21H16N6. The first-order chi connectivity index (χ1) is 13.3. The Labute approximate surface area is 155 Å². The van der Waals surface area contributed by atoms with E-state index in [2.05, 4.69) is 74.0 Å². The van der Waals surface area contributed by atoms with E-state index in [-0.39, 0.29) is 0 Å². The summed E-state index contributed by atoms with van der Waals surface area (Å²) in [4.78, 5) is 7.74. The Hall–Kier alpha value is -3.80. The lowest BCUT2D eigenvalue weighted by molar-refractivity contribution is 1.01. The minimum absolute atomic E-state index is 0.350. The molecule has 0 saturated heterocycles. The van der Waals surface area contributed by atoms with Crippen LogP contribution in [0.5, 0.6) is 0 Å². The molecule has 6 nitrogen and oxygen atoms in total. The zero-order valence-corrected chi connectivity index (χ0v) is 14.6. The molecule has 2 aromatic heterocycles. The molecule has 2 N–H and O–H groups in total. The minimum atomic E-state index is 0.350. The zero-order valence-electron chi connectivity index (χ0n) is 14.6. The van der Waals surface area contributed by atoms with Crippen molar-refractivity contribution >= 4 is 45.0 Å². The molecule has 130 valence electrons. The molecule has 0 bridgehead atoms. The third-order valence-corrected chi connectivity index (χ3v) is 4.52. The van der Waals surface area contributed by atoms with Crippen LogP contribution in [-0.2, 0) is 0 Å². The Kier molecular flexibility index (Phi) is 3.53. The van der Waals surface area contributed by atoms with Gasteiger partial charge in [0, 0.05) is 10.9 Å². The maximum atomic E-state index is 4.47. The predicted molar refractivity (Wildman–Crippen MR) is 109 cm³/mol. The van der Waals surface area contributed by atoms with E-state index in [0.717, 1.165) is 22.0 Å². The highest BCUT2D eigenvalue weighted by Gasteiger charge is 2.08. The van der Waals surface area contributed by atoms with Crippen molar-refractivity contribution in [1.29, 1.82) is 0 Å². The molecule has 0 aliphatic rings. The molecule has 0 saturated carbocycles. The van der Waals surface area contributed by atoms with Crippen molar-refractivity contribution in [2.45, 2.75) is 6.92 Å². The Morgan fingerprint density at radius 3 is 2.78 bits per heavy atom. The summed E-state index contributed by atoms with van der Waals surface area (Å²) in [5.41, 5.74) is 7.47. The van der Waals surface area contributed by atoms with Crippen molar-refractivity contribution < 1.29 is 0 Å². The van der Waals surface area contributed by atoms with Gasteiger partial charge in [0.25, 0.3) is 5.95 Å². The number of hydrogen-bond donors (Lipinski definition) is 2. The number of anilines is 1. The van der Waals surface area contributed by atoms with Crippen LogP contribution in [-0.4, -0.2) is 26.4 Å². The smallest absolute Gasteiger partial charge is 0.265 e. The van der Waals surface area contributed by atoms with E-state index in [0.29, 0.717) is 11.6 Å². The summed E-state index contributed by atoms with van der Waals surface area (Å²) < 4.78 is 0. The van der Waals surface area contributed by atoms with Crippen LogP contribution < -0.4 is 5.43 Å². The fourth-order valence-corrected chi connectivity index (χ4v) is 3.19. The molecule has 6 heteroatoms. The quantitative estimate of drug-likeness (QED) is 0.372. The molecule has 0 spiro atoms. The largest absolute Gasteiger partial charge is 0.338 e. The molecule has 2 heterocycles. The van der Waals surface area contributed by atoms with Gasteiger partial charge in [0.15, 0.2) is 5.65 Å². The Bertz CT molecular complexity index is 1320. The number of aromatic nitrogens is 4. The summed E-state index contributed by atoms with van der Waals surface area (Å²) in [5.74, 6) is 0.350. The monoisotopic (exact) mass is 352 g/mol. The molecule has 0 atom stereocenters. The summed E-state index contributed by atoms with van der Waals surface area (Å²) in [7, 11) is 0. The maximum absolute atomic E-state index is 4.47. The Balaban J connectivity index is 1.41. The molecule has 0 fully saturated rings. The predicted octanol–water partition coefficient (Wildman–Crippen LogP) is 4.41. The van der Waals surface area contributed by atoms with Crippen LogP contribution >= 0.6 is 0 Å². The lowest BCUT2D eigenvalue weighted by atomic mass is 10.1. The molecule has 0 unspecified atom stereocenters. The molecule has 0 radical (unpaired) electrons. The number of hydrogen-bond acceptors (Lipinski definition) is 5. The number of fused-ring (bicyclic) bond motifs is 4. The highest BCUT2D eigenvalue weighted by molar-refractivity contribution is 6.03. The molecule has 27 heavy (non-hydrogen) atoms. The summed E-state index contributed by atoms with van der Waals surface area (Å²) >= 11 is 0. The zero-order chi connectivity index (χ0) is 18.2. The summed E-state index contributed by atoms with van der Waals surface area (Å²) in [6.45, 7) is 2.05. The molecule has 5 rings (SSSR count). The van der Waals surface area contributed by atoms with Gasteiger partial charge in [-0.2, -0.15) is 10.1 Å². The van der Waals surface area contributed by atoms with E-state index in [4.69, 9.17) is 0 Å². The molecule has 5 aromatic rings. The fourth-order valence-electron chi connectivity index (χ4n) is 3.19. The second kappa shape index (κ2) is 6.17. The number of benzene rings is 3. The number of rotatable bonds is 3. The Morgan fingerprint density at radius 1 is 0.963 bits per heavy atom. The van der Waals surface area contributed by atoms with E-state index in [1.165, 1.54) is 16.3 Å². The average Bonchev–Trinajstić information content (AvgIpc) is 3.05. The molecule has 0 aliphatic carbocycles. The van der Waals surface area contributed by atoms with Crippen molar-refractivity contribution in [3.05, 3.63) is 71.8 Å². The first-order valence-corrected chi connectivity index (χ1v) is 8.67. The second-order valence-corrected chi connectivity index (χ2v) is 6.48. The highest BCUT2D eigenvalue weighted by atomic mass is 15.4. The molecule has 0 aliphatic heterocycles. The van der Waals surface area contributed by atoms with E-state index in [1.807, 2.05) is 24.3 Å². The molecule has 0 amide bonds. The van der Waals surface area contributed by atoms with Crippen molar-refractivity contribution in [3.63, 3.8) is 0 Å². The van der Waals surface area contributed by atoms with Crippen molar-refractivity contribution in [3.8, 4) is 0 Å². The minimum Gasteiger partial charge on any atom is -0.338 e. The van der Waals surface area contributed by atoms with Crippen LogP contribution in [0.1, 0.15) is 11.1 Å². The van der Waals surface area contributed by atoms with Crippen molar-refractivity contribution in [2.24, 2.45) is 5.10 Å². The van der Waals surface area contributed by atoms with Crippen molar-refractivity contribution in [2.75, 3.05) is 5.43 Å². The van der Waals surface area contributed by atoms with Crippen LogP contribution in [0.3, 0.4) is 0 Å². The summed E-state index contributed by atoms with van der Waals surface area (Å²) in [5, 5.41) is 16.1. The third-order valence-electron chi connectivity index (χ3n) is 4.52. The Morgan fingerprint density at radius 2 is 1.85 bits per heavy atom. The van der Waals surface area contributed by atoms with Gasteiger partial charge < -0.3 is 4.98 Å². The number of nitrogens with one attached hydrogen (secondary N) is 2. The van der Waals surface area contributed by atoms with Crippen LogP contribution in [0, 0.1) is 6.92 Å². The van der Waals surface area contributed by atoms with Gasteiger partial charge in [-0.25, -0.2) is 5.43 Å². The lowest BCUT2D eigenvalue weighted by Crippen LogP contribution is -1.99. The van der Waals surface area contributed by atoms with Gasteiger partial charge in [-0.15, -0.1) is 10.2 Å². The van der Waals surface area contributed by atoms with Crippen LogP contribution in [0.25, 0.3) is 32.8 Å². The fraction of sp³-hybridized carbons (Fsp3) is 0.0476. The first-order valence-electron chi connectivity index (χ1n) is 8.67. The van der Waals surface area contributed by atoms with Crippen molar-refractivity contribution in [1.82, 2.24) is 20.2 Å². The van der Waals surface area contributed by atoms with Crippen LogP contribution in [0.2, 0.25) is 0 Å². The standard InChI is InChI=1S/C21H16N6/c1-13-6-9-18-17(10-13)19-20(23-18)24-21(27-25-19)26-22-12-14-7-8-15-4-2-3-5-16(15)11-14/h2-12H,1H3,(H2,23,24,26,27)/b22-12-. The van der Waals surface area contributed by atoms with E-state index in [1.54, 1.807) is 6.21 Å². The van der Waals surface area contributed by atoms with Gasteiger partial charge in [0.1, 0.15) is 5.52 Å². The van der Waals surface area contributed by atoms with Gasteiger partial charge >= 0.3 is 0 Å². The number of aromatic amines is 1. The SMILES string of the molecule is Cc1ccc2[nH]c3nc(N/N=C\c4ccc5ccccc5c4)nnc3c2c1. The lowest BCUT2D eigenvalue weighted by Gasteiger charge is -2.00. The van der Waals surface area contributed by atoms with Gasteiger partial charge in [-0.3, -0.25) is 0 Å². The number of H-pyrrole nitrogens is 1.